The Bertz CT molecular complexity index is 2370. The second kappa shape index (κ2) is 17.3. The van der Waals surface area contributed by atoms with E-state index < -0.39 is 69.9 Å². The van der Waals surface area contributed by atoms with E-state index in [1.807, 2.05) is 19.1 Å². The van der Waals surface area contributed by atoms with Crippen LogP contribution < -0.4 is 5.32 Å². The molecule has 2 aromatic rings. The Morgan fingerprint density at radius 3 is 2.60 bits per heavy atom. The lowest BCUT2D eigenvalue weighted by atomic mass is 9.32. The first-order valence-electron chi connectivity index (χ1n) is 27.2. The summed E-state index contributed by atoms with van der Waals surface area (Å²) < 4.78 is 33.6. The number of rotatable bonds is 12. The van der Waals surface area contributed by atoms with Crippen molar-refractivity contribution in [1.82, 2.24) is 10.2 Å². The molecule has 380 valence electrons. The third-order valence-electron chi connectivity index (χ3n) is 21.2. The smallest absolute Gasteiger partial charge is 0.339 e. The number of ether oxygens (including phenoxy) is 4. The summed E-state index contributed by atoms with van der Waals surface area (Å²) in [6, 6.07) is 12.9. The minimum Gasteiger partial charge on any atom is -0.469 e. The third kappa shape index (κ3) is 6.71. The van der Waals surface area contributed by atoms with Gasteiger partial charge in [0.2, 0.25) is 0 Å². The third-order valence-corrected chi connectivity index (χ3v) is 21.2. The first-order chi connectivity index (χ1) is 33.7. The Hall–Kier alpha value is -3.59. The quantitative estimate of drug-likeness (QED) is 0.128. The predicted molar refractivity (Wildman–Crippen MR) is 256 cm³/mol. The van der Waals surface area contributed by atoms with Gasteiger partial charge in [-0.1, -0.05) is 70.0 Å². The summed E-state index contributed by atoms with van der Waals surface area (Å²) in [7, 11) is 0. The van der Waals surface area contributed by atoms with E-state index in [0.717, 1.165) is 71.0 Å². The second-order valence-corrected chi connectivity index (χ2v) is 24.8. The molecule has 9 fully saturated rings. The highest BCUT2D eigenvalue weighted by Gasteiger charge is 2.93. The molecule has 4 aliphatic carbocycles. The molecule has 0 radical (unpaired) electrons. The van der Waals surface area contributed by atoms with E-state index in [1.54, 1.807) is 6.26 Å². The molecule has 13 nitrogen and oxygen atoms in total. The van der Waals surface area contributed by atoms with Crippen LogP contribution in [0.2, 0.25) is 0 Å². The van der Waals surface area contributed by atoms with E-state index in [-0.39, 0.29) is 61.0 Å². The first kappa shape index (κ1) is 47.4. The number of aliphatic hydroxyl groups excluding tert-OH is 3. The van der Waals surface area contributed by atoms with Crippen molar-refractivity contribution in [3.63, 3.8) is 0 Å². The molecule has 2 spiro atoms. The number of ketones is 1. The van der Waals surface area contributed by atoms with E-state index in [0.29, 0.717) is 60.8 Å². The molecule has 70 heavy (non-hydrogen) atoms. The number of benzene rings is 1. The predicted octanol–water partition coefficient (Wildman–Crippen LogP) is 6.86. The van der Waals surface area contributed by atoms with Gasteiger partial charge in [0.05, 0.1) is 49.7 Å². The molecule has 7 heterocycles. The van der Waals surface area contributed by atoms with Crippen molar-refractivity contribution >= 4 is 17.7 Å². The summed E-state index contributed by atoms with van der Waals surface area (Å²) in [5, 5.41) is 39.5. The number of nitrogens with one attached hydrogen (secondary N) is 1. The van der Waals surface area contributed by atoms with Crippen molar-refractivity contribution in [1.29, 1.82) is 0 Å². The lowest BCUT2D eigenvalue weighted by molar-refractivity contribution is -0.276. The molecule has 6 aliphatic heterocycles. The molecule has 5 saturated heterocycles. The highest BCUT2D eigenvalue weighted by Crippen LogP contribution is 2.83. The Morgan fingerprint density at radius 1 is 0.971 bits per heavy atom. The van der Waals surface area contributed by atoms with Gasteiger partial charge in [-0.15, -0.1) is 0 Å². The van der Waals surface area contributed by atoms with Crippen molar-refractivity contribution in [2.24, 2.45) is 69.5 Å². The topological polar surface area (TPSA) is 181 Å². The Labute approximate surface area is 412 Å². The van der Waals surface area contributed by atoms with Gasteiger partial charge in [0.15, 0.2) is 11.9 Å². The summed E-state index contributed by atoms with van der Waals surface area (Å²) in [6.45, 7) is 9.98. The standard InChI is InChI=1S/C57H76N2O11/c1-32(2)15-20-54(4)48-47(63)49(64)56(37-12-8-11-34(24-37)23-33-9-6-5-7-10-33)44(55(48)30-67-46(62)27-45(55)69-54)16-19-53(3)50(68-52(65)51-57(53,56)70-51)39-18-22-66-43(39)26-40(42(61)29-60)35-13-14-38-36(25-35)17-21-59-31-58-28-41(38)59/h5-7,9-10,17-18,21-22,32,34-38,40-42,44-45,48-51,58,60-61,64H,8,11-16,19-20,23-31H2,1-4H3/t34-,35-,36+,37-,38+,40-,41-,42+,44+,45-,48+,49+,50-,51+,53-,54-,55-,56-,57+/m0/s1. The molecule has 0 bridgehead atoms. The number of carbonyl (C=O) groups is 3. The number of hydrogen-bond donors (Lipinski definition) is 4. The van der Waals surface area contributed by atoms with Crippen LogP contribution in [-0.4, -0.2) is 106 Å². The summed E-state index contributed by atoms with van der Waals surface area (Å²) in [5.74, 6) is -0.504. The Morgan fingerprint density at radius 2 is 1.80 bits per heavy atom. The maximum atomic E-state index is 16.1. The molecule has 10 aliphatic rings. The van der Waals surface area contributed by atoms with Gasteiger partial charge in [-0.2, -0.15) is 0 Å². The van der Waals surface area contributed by atoms with Crippen LogP contribution in [0, 0.1) is 69.5 Å². The highest BCUT2D eigenvalue weighted by atomic mass is 16.7. The van der Waals surface area contributed by atoms with E-state index >= 15 is 4.79 Å². The fourth-order valence-electron chi connectivity index (χ4n) is 18.3. The molecule has 0 unspecified atom stereocenters. The van der Waals surface area contributed by atoms with Gasteiger partial charge < -0.3 is 43.6 Å². The number of epoxide rings is 1. The van der Waals surface area contributed by atoms with Gasteiger partial charge in [0.1, 0.15) is 30.2 Å². The number of fused-ring (bicyclic) bond motifs is 4. The number of carbonyl (C=O) groups excluding carboxylic acids is 3. The highest BCUT2D eigenvalue weighted by molar-refractivity contribution is 5.92. The number of aliphatic hydroxyl groups is 3. The van der Waals surface area contributed by atoms with Crippen LogP contribution in [0.1, 0.15) is 128 Å². The summed E-state index contributed by atoms with van der Waals surface area (Å²) in [6.07, 6.45) is 11.3. The molecule has 4 N–H and O–H groups in total. The van der Waals surface area contributed by atoms with Gasteiger partial charge >= 0.3 is 11.9 Å². The molecule has 4 saturated carbocycles. The second-order valence-electron chi connectivity index (χ2n) is 24.8. The average Bonchev–Trinajstić information content (AvgIpc) is 3.58. The van der Waals surface area contributed by atoms with Crippen LogP contribution in [0.15, 0.2) is 59.4 Å². The average molecular weight is 965 g/mol. The van der Waals surface area contributed by atoms with Crippen molar-refractivity contribution in [2.75, 3.05) is 26.4 Å². The molecular formula is C57H76N2O11. The summed E-state index contributed by atoms with van der Waals surface area (Å²) in [4.78, 5) is 46.8. The Balaban J connectivity index is 0.950. The number of allylic oxidation sites excluding steroid dienone is 1. The van der Waals surface area contributed by atoms with E-state index in [1.165, 1.54) is 5.56 Å². The minimum absolute atomic E-state index is 0.0175. The van der Waals surface area contributed by atoms with Gasteiger partial charge in [-0.25, -0.2) is 4.79 Å². The normalized spacial score (nSPS) is 45.5. The lowest BCUT2D eigenvalue weighted by Crippen LogP contribution is -2.79. The molecular weight excluding hydrogens is 889 g/mol. The number of Topliss-reactive ketones (excluding diaryl/α,β-unsaturated/α-hetero) is 1. The molecule has 1 aromatic carbocycles. The van der Waals surface area contributed by atoms with Crippen molar-refractivity contribution in [2.45, 2.75) is 165 Å². The Kier molecular flexibility index (Phi) is 11.7. The zero-order valence-electron chi connectivity index (χ0n) is 41.6. The van der Waals surface area contributed by atoms with Gasteiger partial charge in [-0.3, -0.25) is 14.9 Å². The van der Waals surface area contributed by atoms with Crippen LogP contribution in [0.3, 0.4) is 0 Å². The number of furan rings is 1. The molecule has 13 heteroatoms. The zero-order chi connectivity index (χ0) is 48.5. The molecule has 12 rings (SSSR count). The van der Waals surface area contributed by atoms with Crippen LogP contribution in [-0.2, 0) is 46.2 Å². The summed E-state index contributed by atoms with van der Waals surface area (Å²) in [5.41, 5.74) is -3.43. The zero-order valence-corrected chi connectivity index (χ0v) is 41.6. The van der Waals surface area contributed by atoms with Crippen LogP contribution in [0.25, 0.3) is 0 Å². The monoisotopic (exact) mass is 965 g/mol. The van der Waals surface area contributed by atoms with Crippen LogP contribution in [0.4, 0.5) is 0 Å². The molecule has 1 aromatic heterocycles. The van der Waals surface area contributed by atoms with Gasteiger partial charge in [0, 0.05) is 40.8 Å². The SMILES string of the molecule is CC(C)CC[C@]1(C)O[C@H]2CC(=O)OC[C@]23[C@H]2CC[C@@]4(C)[C@H](c5ccoc5C[C@@H]([C@H]5CC[C@@H]6[C@H](C=CN7CNC[C@@H]67)C5)[C@H](O)CO)OC(=O)[C@H]5O[C@]54[C@]2([C@H]2CCC[C@@H](Cc4ccccc4)C2)[C@H](O)C(=O)[C@@H]31. The largest absolute Gasteiger partial charge is 0.469 e. The number of hydrogen-bond acceptors (Lipinski definition) is 13. The van der Waals surface area contributed by atoms with Gasteiger partial charge in [0.25, 0.3) is 0 Å². The van der Waals surface area contributed by atoms with Crippen LogP contribution >= 0.6 is 0 Å². The fourth-order valence-corrected chi connectivity index (χ4v) is 18.3. The van der Waals surface area contributed by atoms with Crippen LogP contribution in [0.5, 0.6) is 0 Å². The molecule has 19 atom stereocenters. The summed E-state index contributed by atoms with van der Waals surface area (Å²) >= 11 is 0. The first-order valence-corrected chi connectivity index (χ1v) is 27.2. The van der Waals surface area contributed by atoms with Crippen molar-refractivity contribution in [3.8, 4) is 0 Å². The van der Waals surface area contributed by atoms with E-state index in [2.05, 4.69) is 67.5 Å². The number of nitrogens with zero attached hydrogens (tertiary/aromatic N) is 1. The van der Waals surface area contributed by atoms with E-state index in [9.17, 15) is 24.9 Å². The number of cyclic esters (lactones) is 2. The number of esters is 2. The lowest BCUT2D eigenvalue weighted by Gasteiger charge is -2.70. The van der Waals surface area contributed by atoms with Crippen molar-refractivity contribution < 1.29 is 53.1 Å². The van der Waals surface area contributed by atoms with E-state index in [4.69, 9.17) is 23.4 Å². The molecule has 0 amide bonds. The van der Waals surface area contributed by atoms with Crippen molar-refractivity contribution in [3.05, 3.63) is 71.8 Å². The minimum atomic E-state index is -1.48. The maximum absolute atomic E-state index is 16.1. The van der Waals surface area contributed by atoms with Gasteiger partial charge in [-0.05, 0) is 136 Å². The maximum Gasteiger partial charge on any atom is 0.339 e. The fraction of sp³-hybridized carbons (Fsp3) is 0.737.